The molecule has 2 aromatic carbocycles. The Morgan fingerprint density at radius 2 is 1.74 bits per heavy atom. The van der Waals surface area contributed by atoms with Crippen molar-refractivity contribution in [2.24, 2.45) is 0 Å². The zero-order valence-electron chi connectivity index (χ0n) is 10.3. The molecule has 2 rings (SSSR count). The molecule has 0 aliphatic heterocycles. The lowest BCUT2D eigenvalue weighted by atomic mass is 10.1. The minimum atomic E-state index is 0.0455. The second-order valence-electron chi connectivity index (χ2n) is 4.15. The summed E-state index contributed by atoms with van der Waals surface area (Å²) in [5.41, 5.74) is 1.80. The second-order valence-corrected chi connectivity index (χ2v) is 6.02. The van der Waals surface area contributed by atoms with Gasteiger partial charge in [-0.05, 0) is 37.3 Å². The zero-order valence-corrected chi connectivity index (χ0v) is 12.6. The van der Waals surface area contributed by atoms with Crippen LogP contribution in [0.3, 0.4) is 0 Å². The Hall–Kier alpha value is -0.960. The van der Waals surface area contributed by atoms with Crippen molar-refractivity contribution in [3.63, 3.8) is 0 Å². The van der Waals surface area contributed by atoms with Crippen molar-refractivity contribution < 1.29 is 4.79 Å². The van der Waals surface area contributed by atoms with Gasteiger partial charge in [0.15, 0.2) is 5.78 Å². The summed E-state index contributed by atoms with van der Waals surface area (Å²) in [7, 11) is 0. The van der Waals surface area contributed by atoms with Crippen molar-refractivity contribution in [2.75, 3.05) is 5.75 Å². The van der Waals surface area contributed by atoms with Crippen molar-refractivity contribution in [2.45, 2.75) is 11.8 Å². The largest absolute Gasteiger partial charge is 0.293 e. The third kappa shape index (κ3) is 4.00. The fourth-order valence-corrected chi connectivity index (χ4v) is 2.63. The quantitative estimate of drug-likeness (QED) is 0.564. The molecule has 0 N–H and O–H groups in total. The monoisotopic (exact) mass is 310 g/mol. The summed E-state index contributed by atoms with van der Waals surface area (Å²) in [6.45, 7) is 2.04. The minimum absolute atomic E-state index is 0.0455. The highest BCUT2D eigenvalue weighted by Gasteiger charge is 2.08. The van der Waals surface area contributed by atoms with Crippen molar-refractivity contribution >= 4 is 40.7 Å². The maximum atomic E-state index is 12.0. The lowest BCUT2D eigenvalue weighted by Crippen LogP contribution is -2.02. The van der Waals surface area contributed by atoms with Crippen LogP contribution in [0.5, 0.6) is 0 Å². The molecule has 0 aliphatic rings. The van der Waals surface area contributed by atoms with Gasteiger partial charge in [-0.2, -0.15) is 0 Å². The molecule has 0 saturated carbocycles. The van der Waals surface area contributed by atoms with E-state index in [0.29, 0.717) is 21.4 Å². The zero-order chi connectivity index (χ0) is 13.8. The highest BCUT2D eigenvalue weighted by molar-refractivity contribution is 8.00. The van der Waals surface area contributed by atoms with Crippen molar-refractivity contribution in [1.82, 2.24) is 0 Å². The van der Waals surface area contributed by atoms with Gasteiger partial charge >= 0.3 is 0 Å². The smallest absolute Gasteiger partial charge is 0.173 e. The summed E-state index contributed by atoms with van der Waals surface area (Å²) >= 11 is 13.2. The number of hydrogen-bond donors (Lipinski definition) is 0. The molecule has 1 nitrogen and oxygen atoms in total. The molecule has 0 aliphatic carbocycles. The normalized spacial score (nSPS) is 10.5. The lowest BCUT2D eigenvalue weighted by Gasteiger charge is -2.03. The molecule has 4 heteroatoms. The third-order valence-corrected chi connectivity index (χ3v) is 4.38. The molecule has 0 heterocycles. The molecule has 19 heavy (non-hydrogen) atoms. The molecule has 2 aromatic rings. The van der Waals surface area contributed by atoms with Gasteiger partial charge in [-0.15, -0.1) is 11.8 Å². The number of Topliss-reactive ketones (excluding diaryl/α,β-unsaturated/α-hetero) is 1. The number of hydrogen-bond acceptors (Lipinski definition) is 2. The van der Waals surface area contributed by atoms with Crippen LogP contribution in [0.1, 0.15) is 15.9 Å². The van der Waals surface area contributed by atoms with Gasteiger partial charge < -0.3 is 0 Å². The fourth-order valence-electron chi connectivity index (χ4n) is 1.54. The van der Waals surface area contributed by atoms with E-state index in [1.165, 1.54) is 17.3 Å². The van der Waals surface area contributed by atoms with E-state index in [1.54, 1.807) is 18.2 Å². The molecule has 0 fully saturated rings. The molecule has 0 unspecified atom stereocenters. The summed E-state index contributed by atoms with van der Waals surface area (Å²) in [4.78, 5) is 13.1. The number of benzene rings is 2. The van der Waals surface area contributed by atoms with Gasteiger partial charge in [-0.25, -0.2) is 0 Å². The topological polar surface area (TPSA) is 17.1 Å². The number of aryl methyl sites for hydroxylation is 1. The maximum absolute atomic E-state index is 12.0. The standard InChI is InChI=1S/C15H12Cl2OS/c1-10-2-5-12(6-3-10)19-9-15(18)11-4-7-13(16)14(17)8-11/h2-8H,9H2,1H3. The number of ketones is 1. The third-order valence-electron chi connectivity index (χ3n) is 2.63. The average molecular weight is 311 g/mol. The van der Waals surface area contributed by atoms with Gasteiger partial charge in [0.25, 0.3) is 0 Å². The summed E-state index contributed by atoms with van der Waals surface area (Å²) in [6, 6.07) is 13.1. The van der Waals surface area contributed by atoms with E-state index in [4.69, 9.17) is 23.2 Å². The summed E-state index contributed by atoms with van der Waals surface area (Å²) in [6.07, 6.45) is 0. The Bertz CT molecular complexity index is 594. The molecular weight excluding hydrogens is 299 g/mol. The number of thioether (sulfide) groups is 1. The molecule has 0 spiro atoms. The van der Waals surface area contributed by atoms with Gasteiger partial charge in [0.1, 0.15) is 0 Å². The van der Waals surface area contributed by atoms with E-state index in [1.807, 2.05) is 31.2 Å². The van der Waals surface area contributed by atoms with Crippen LogP contribution < -0.4 is 0 Å². The Labute approximate surface area is 126 Å². The number of carbonyl (C=O) groups is 1. The van der Waals surface area contributed by atoms with Crippen LogP contribution in [0.15, 0.2) is 47.4 Å². The SMILES string of the molecule is Cc1ccc(SCC(=O)c2ccc(Cl)c(Cl)c2)cc1. The van der Waals surface area contributed by atoms with Gasteiger partial charge in [0.2, 0.25) is 0 Å². The average Bonchev–Trinajstić information content (AvgIpc) is 2.41. The first-order chi connectivity index (χ1) is 9.06. The molecular formula is C15H12Cl2OS. The maximum Gasteiger partial charge on any atom is 0.173 e. The van der Waals surface area contributed by atoms with E-state index in [-0.39, 0.29) is 5.78 Å². The predicted octanol–water partition coefficient (Wildman–Crippen LogP) is 5.28. The van der Waals surface area contributed by atoms with Gasteiger partial charge in [0, 0.05) is 10.5 Å². The van der Waals surface area contributed by atoms with Crippen LogP contribution >= 0.6 is 35.0 Å². The van der Waals surface area contributed by atoms with Crippen LogP contribution in [-0.4, -0.2) is 11.5 Å². The van der Waals surface area contributed by atoms with Crippen LogP contribution in [-0.2, 0) is 0 Å². The lowest BCUT2D eigenvalue weighted by molar-refractivity contribution is 0.102. The van der Waals surface area contributed by atoms with Crippen LogP contribution in [0, 0.1) is 6.92 Å². The summed E-state index contributed by atoms with van der Waals surface area (Å²) in [5.74, 6) is 0.435. The summed E-state index contributed by atoms with van der Waals surface area (Å²) < 4.78 is 0. The van der Waals surface area contributed by atoms with Gasteiger partial charge in [0.05, 0.1) is 15.8 Å². The van der Waals surface area contributed by atoms with Crippen LogP contribution in [0.25, 0.3) is 0 Å². The number of rotatable bonds is 4. The first kappa shape index (κ1) is 14.4. The molecule has 0 amide bonds. The Kier molecular flexibility index (Phi) is 4.92. The Morgan fingerprint density at radius 3 is 2.37 bits per heavy atom. The number of halogens is 2. The first-order valence-electron chi connectivity index (χ1n) is 5.74. The van der Waals surface area contributed by atoms with Crippen molar-refractivity contribution in [3.8, 4) is 0 Å². The second kappa shape index (κ2) is 6.47. The van der Waals surface area contributed by atoms with E-state index < -0.39 is 0 Å². The molecule has 98 valence electrons. The predicted molar refractivity (Wildman–Crippen MR) is 82.7 cm³/mol. The van der Waals surface area contributed by atoms with E-state index in [9.17, 15) is 4.79 Å². The van der Waals surface area contributed by atoms with Gasteiger partial charge in [-0.3, -0.25) is 4.79 Å². The Balaban J connectivity index is 2.01. The number of carbonyl (C=O) groups excluding carboxylic acids is 1. The van der Waals surface area contributed by atoms with E-state index in [2.05, 4.69) is 0 Å². The highest BCUT2D eigenvalue weighted by atomic mass is 35.5. The molecule has 0 saturated heterocycles. The van der Waals surface area contributed by atoms with Gasteiger partial charge in [-0.1, -0.05) is 40.9 Å². The Morgan fingerprint density at radius 1 is 1.05 bits per heavy atom. The molecule has 0 bridgehead atoms. The minimum Gasteiger partial charge on any atom is -0.293 e. The molecule has 0 atom stereocenters. The summed E-state index contributed by atoms with van der Waals surface area (Å²) in [5, 5.41) is 0.872. The highest BCUT2D eigenvalue weighted by Crippen LogP contribution is 2.24. The van der Waals surface area contributed by atoms with Crippen LogP contribution in [0.2, 0.25) is 10.0 Å². The molecule has 0 aromatic heterocycles. The molecule has 0 radical (unpaired) electrons. The first-order valence-corrected chi connectivity index (χ1v) is 7.48. The van der Waals surface area contributed by atoms with Crippen LogP contribution in [0.4, 0.5) is 0 Å². The van der Waals surface area contributed by atoms with Crippen molar-refractivity contribution in [1.29, 1.82) is 0 Å². The van der Waals surface area contributed by atoms with E-state index >= 15 is 0 Å². The fraction of sp³-hybridized carbons (Fsp3) is 0.133. The van der Waals surface area contributed by atoms with E-state index in [0.717, 1.165) is 4.90 Å². The van der Waals surface area contributed by atoms with Crippen molar-refractivity contribution in [3.05, 3.63) is 63.6 Å².